The van der Waals surface area contributed by atoms with Crippen LogP contribution in [0, 0.1) is 0 Å². The Morgan fingerprint density at radius 2 is 2.38 bits per heavy atom. The highest BCUT2D eigenvalue weighted by atomic mass is 32.2. The number of hydrogen-bond acceptors (Lipinski definition) is 4. The van der Waals surface area contributed by atoms with E-state index in [1.807, 2.05) is 7.05 Å². The van der Waals surface area contributed by atoms with Gasteiger partial charge in [-0.15, -0.1) is 11.8 Å². The fraction of sp³-hybridized carbons (Fsp3) is 0.636. The second-order valence-corrected chi connectivity index (χ2v) is 6.53. The van der Waals surface area contributed by atoms with Gasteiger partial charge < -0.3 is 0 Å². The number of hydrogen-bond donors (Lipinski definition) is 0. The summed E-state index contributed by atoms with van der Waals surface area (Å²) >= 11 is 3.33. The summed E-state index contributed by atoms with van der Waals surface area (Å²) in [4.78, 5) is 17.5. The first kappa shape index (κ1) is 12.0. The fourth-order valence-corrected chi connectivity index (χ4v) is 3.68. The molecule has 0 bridgehead atoms. The number of fused-ring (bicyclic) bond motifs is 1. The van der Waals surface area contributed by atoms with E-state index in [-0.39, 0.29) is 5.56 Å². The average Bonchev–Trinajstić information content (AvgIpc) is 2.62. The van der Waals surface area contributed by atoms with Crippen molar-refractivity contribution in [3.05, 3.63) is 16.0 Å². The van der Waals surface area contributed by atoms with Crippen LogP contribution in [0.1, 0.15) is 26.0 Å². The topological polar surface area (TPSA) is 34.9 Å². The van der Waals surface area contributed by atoms with Crippen molar-refractivity contribution < 1.29 is 0 Å². The molecule has 3 nitrogen and oxygen atoms in total. The molecule has 0 aromatic carbocycles. The van der Waals surface area contributed by atoms with Gasteiger partial charge in [0.2, 0.25) is 0 Å². The molecule has 0 saturated carbocycles. The van der Waals surface area contributed by atoms with Crippen molar-refractivity contribution in [2.75, 3.05) is 5.75 Å². The largest absolute Gasteiger partial charge is 0.290 e. The SMILES string of the molecule is CCCSc1nc2c(c(=O)n1C)S[C@H](C)C2. The van der Waals surface area contributed by atoms with Gasteiger partial charge in [-0.2, -0.15) is 0 Å². The number of nitrogens with zero attached hydrogens (tertiary/aromatic N) is 2. The fourth-order valence-electron chi connectivity index (χ4n) is 1.70. The zero-order valence-corrected chi connectivity index (χ0v) is 11.5. The van der Waals surface area contributed by atoms with Crippen molar-refractivity contribution in [3.63, 3.8) is 0 Å². The van der Waals surface area contributed by atoms with Gasteiger partial charge in [0.25, 0.3) is 5.56 Å². The van der Waals surface area contributed by atoms with Crippen LogP contribution in [0.2, 0.25) is 0 Å². The molecule has 0 aliphatic carbocycles. The molecule has 2 rings (SSSR count). The molecule has 1 atom stereocenters. The summed E-state index contributed by atoms with van der Waals surface area (Å²) in [5.74, 6) is 1.02. The van der Waals surface area contributed by atoms with Crippen molar-refractivity contribution in [3.8, 4) is 0 Å². The Bertz CT molecular complexity index is 456. The summed E-state index contributed by atoms with van der Waals surface area (Å²) in [5, 5.41) is 1.35. The minimum absolute atomic E-state index is 0.123. The van der Waals surface area contributed by atoms with E-state index in [9.17, 15) is 4.79 Å². The summed E-state index contributed by atoms with van der Waals surface area (Å²) in [5.41, 5.74) is 1.12. The van der Waals surface area contributed by atoms with Gasteiger partial charge in [0.15, 0.2) is 5.16 Å². The van der Waals surface area contributed by atoms with Crippen LogP contribution in [-0.4, -0.2) is 20.6 Å². The Labute approximate surface area is 104 Å². The van der Waals surface area contributed by atoms with Gasteiger partial charge >= 0.3 is 0 Å². The minimum atomic E-state index is 0.123. The van der Waals surface area contributed by atoms with Gasteiger partial charge in [0, 0.05) is 24.5 Å². The summed E-state index contributed by atoms with van der Waals surface area (Å²) < 4.78 is 1.68. The van der Waals surface area contributed by atoms with Crippen molar-refractivity contribution in [2.45, 2.75) is 42.0 Å². The summed E-state index contributed by atoms with van der Waals surface area (Å²) in [6.07, 6.45) is 2.03. The lowest BCUT2D eigenvalue weighted by Crippen LogP contribution is -2.22. The third-order valence-electron chi connectivity index (χ3n) is 2.51. The van der Waals surface area contributed by atoms with Crippen LogP contribution in [0.4, 0.5) is 0 Å². The molecule has 1 aliphatic heterocycles. The third-order valence-corrected chi connectivity index (χ3v) is 4.96. The molecule has 0 saturated heterocycles. The molecule has 0 unspecified atom stereocenters. The summed E-state index contributed by atoms with van der Waals surface area (Å²) in [7, 11) is 1.82. The quantitative estimate of drug-likeness (QED) is 0.614. The van der Waals surface area contributed by atoms with Crippen molar-refractivity contribution in [1.82, 2.24) is 9.55 Å². The molecule has 2 heterocycles. The number of thioether (sulfide) groups is 2. The summed E-state index contributed by atoms with van der Waals surface area (Å²) in [6, 6.07) is 0. The first-order chi connectivity index (χ1) is 7.63. The zero-order chi connectivity index (χ0) is 11.7. The van der Waals surface area contributed by atoms with Crippen molar-refractivity contribution in [1.29, 1.82) is 0 Å². The highest BCUT2D eigenvalue weighted by Gasteiger charge is 2.25. The zero-order valence-electron chi connectivity index (χ0n) is 9.82. The molecular weight excluding hydrogens is 240 g/mol. The van der Waals surface area contributed by atoms with E-state index in [4.69, 9.17) is 0 Å². The van der Waals surface area contributed by atoms with Crippen LogP contribution < -0.4 is 5.56 Å². The second kappa shape index (κ2) is 4.84. The molecular formula is C11H16N2OS2. The van der Waals surface area contributed by atoms with Gasteiger partial charge in [-0.1, -0.05) is 25.6 Å². The smallest absolute Gasteiger partial charge is 0.267 e. The van der Waals surface area contributed by atoms with Gasteiger partial charge in [-0.05, 0) is 6.42 Å². The Morgan fingerprint density at radius 1 is 1.62 bits per heavy atom. The van der Waals surface area contributed by atoms with Gasteiger partial charge in [0.05, 0.1) is 10.6 Å². The Morgan fingerprint density at radius 3 is 3.06 bits per heavy atom. The monoisotopic (exact) mass is 256 g/mol. The van der Waals surface area contributed by atoms with E-state index in [1.54, 1.807) is 28.1 Å². The van der Waals surface area contributed by atoms with Gasteiger partial charge in [0.1, 0.15) is 0 Å². The maximum atomic E-state index is 12.1. The summed E-state index contributed by atoms with van der Waals surface area (Å²) in [6.45, 7) is 4.28. The Hall–Kier alpha value is -0.420. The number of rotatable bonds is 3. The molecule has 88 valence electrons. The van der Waals surface area contributed by atoms with Crippen LogP contribution in [0.5, 0.6) is 0 Å². The molecule has 0 fully saturated rings. The van der Waals surface area contributed by atoms with E-state index < -0.39 is 0 Å². The molecule has 0 spiro atoms. The van der Waals surface area contributed by atoms with Crippen LogP contribution in [0.3, 0.4) is 0 Å². The maximum Gasteiger partial charge on any atom is 0.267 e. The van der Waals surface area contributed by atoms with E-state index in [0.717, 1.165) is 34.3 Å². The maximum absolute atomic E-state index is 12.1. The van der Waals surface area contributed by atoms with Crippen LogP contribution >= 0.6 is 23.5 Å². The second-order valence-electron chi connectivity index (χ2n) is 4.02. The third kappa shape index (κ3) is 2.15. The normalized spacial score (nSPS) is 18.8. The molecule has 0 amide bonds. The molecule has 0 N–H and O–H groups in total. The molecule has 1 aliphatic rings. The molecule has 0 radical (unpaired) electrons. The lowest BCUT2D eigenvalue weighted by atomic mass is 10.2. The highest BCUT2D eigenvalue weighted by Crippen LogP contribution is 2.33. The Balaban J connectivity index is 2.40. The first-order valence-corrected chi connectivity index (χ1v) is 7.39. The predicted molar refractivity (Wildman–Crippen MR) is 69.5 cm³/mol. The molecule has 16 heavy (non-hydrogen) atoms. The van der Waals surface area contributed by atoms with Gasteiger partial charge in [-0.3, -0.25) is 9.36 Å². The van der Waals surface area contributed by atoms with Crippen LogP contribution in [0.25, 0.3) is 0 Å². The standard InChI is InChI=1S/C11H16N2OS2/c1-4-5-15-11-12-8-6-7(2)16-9(8)10(14)13(11)3/h7H,4-6H2,1-3H3/t7-/m1/s1. The highest BCUT2D eigenvalue weighted by molar-refractivity contribution is 8.00. The molecule has 1 aromatic rings. The molecule has 1 aromatic heterocycles. The average molecular weight is 256 g/mol. The molecule has 5 heteroatoms. The first-order valence-electron chi connectivity index (χ1n) is 5.52. The van der Waals surface area contributed by atoms with Crippen LogP contribution in [-0.2, 0) is 13.5 Å². The van der Waals surface area contributed by atoms with E-state index in [0.29, 0.717) is 5.25 Å². The Kier molecular flexibility index (Phi) is 3.64. The predicted octanol–water partition coefficient (Wildman–Crippen LogP) is 2.32. The number of aromatic nitrogens is 2. The van der Waals surface area contributed by atoms with Gasteiger partial charge in [-0.25, -0.2) is 4.98 Å². The lowest BCUT2D eigenvalue weighted by Gasteiger charge is -2.08. The van der Waals surface area contributed by atoms with Crippen LogP contribution in [0.15, 0.2) is 14.8 Å². The lowest BCUT2D eigenvalue weighted by molar-refractivity contribution is 0.665. The minimum Gasteiger partial charge on any atom is -0.290 e. The van der Waals surface area contributed by atoms with E-state index >= 15 is 0 Å². The van der Waals surface area contributed by atoms with E-state index in [2.05, 4.69) is 18.8 Å². The van der Waals surface area contributed by atoms with Crippen molar-refractivity contribution >= 4 is 23.5 Å². The van der Waals surface area contributed by atoms with E-state index in [1.165, 1.54) is 0 Å². The van der Waals surface area contributed by atoms with Crippen molar-refractivity contribution in [2.24, 2.45) is 7.05 Å².